The van der Waals surface area contributed by atoms with E-state index in [1.807, 2.05) is 23.6 Å². The lowest BCUT2D eigenvalue weighted by Gasteiger charge is -2.11. The Morgan fingerprint density at radius 2 is 2.42 bits per heavy atom. The van der Waals surface area contributed by atoms with Gasteiger partial charge < -0.3 is 15.0 Å². The number of H-pyrrole nitrogens is 1. The number of thiazole rings is 1. The molecule has 0 saturated carbocycles. The van der Waals surface area contributed by atoms with Crippen molar-refractivity contribution in [3.05, 3.63) is 49.5 Å². The first-order chi connectivity index (χ1) is 9.20. The molecule has 0 spiro atoms. The highest BCUT2D eigenvalue weighted by atomic mass is 35.5. The maximum absolute atomic E-state index is 11.0. The Kier molecular flexibility index (Phi) is 3.59. The fraction of sp³-hybridized carbons (Fsp3) is 0.308. The highest BCUT2D eigenvalue weighted by Gasteiger charge is 2.22. The van der Waals surface area contributed by atoms with Crippen molar-refractivity contribution in [1.82, 2.24) is 10.3 Å². The second kappa shape index (κ2) is 5.36. The SMILES string of the molecule is O=c1[nH]c(CNCC2Cc3cc(Cl)ccc3O2)cs1. The van der Waals surface area contributed by atoms with Crippen LogP contribution in [0.2, 0.25) is 5.02 Å². The van der Waals surface area contributed by atoms with Crippen molar-refractivity contribution >= 4 is 22.9 Å². The van der Waals surface area contributed by atoms with Crippen LogP contribution in [0.5, 0.6) is 5.75 Å². The fourth-order valence-electron chi connectivity index (χ4n) is 2.17. The van der Waals surface area contributed by atoms with Crippen molar-refractivity contribution in [1.29, 1.82) is 0 Å². The van der Waals surface area contributed by atoms with Crippen LogP contribution >= 0.6 is 22.9 Å². The zero-order chi connectivity index (χ0) is 13.2. The maximum Gasteiger partial charge on any atom is 0.304 e. The van der Waals surface area contributed by atoms with Gasteiger partial charge in [-0.05, 0) is 23.8 Å². The molecule has 0 aliphatic carbocycles. The third-order valence-electron chi connectivity index (χ3n) is 3.02. The standard InChI is InChI=1S/C13H13ClN2O2S/c14-9-1-2-12-8(3-9)4-11(18-12)6-15-5-10-7-19-13(17)16-10/h1-3,7,11,15H,4-6H2,(H,16,17). The smallest absolute Gasteiger partial charge is 0.304 e. The predicted octanol–water partition coefficient (Wildman–Crippen LogP) is 2.18. The number of hydrogen-bond donors (Lipinski definition) is 2. The molecule has 0 radical (unpaired) electrons. The van der Waals surface area contributed by atoms with Gasteiger partial charge in [0.2, 0.25) is 0 Å². The van der Waals surface area contributed by atoms with E-state index in [4.69, 9.17) is 16.3 Å². The van der Waals surface area contributed by atoms with E-state index in [1.165, 1.54) is 11.3 Å². The van der Waals surface area contributed by atoms with Gasteiger partial charge in [-0.3, -0.25) is 4.79 Å². The van der Waals surface area contributed by atoms with Crippen molar-refractivity contribution in [2.75, 3.05) is 6.54 Å². The highest BCUT2D eigenvalue weighted by molar-refractivity contribution is 7.07. The summed E-state index contributed by atoms with van der Waals surface area (Å²) in [5.41, 5.74) is 2.07. The number of fused-ring (bicyclic) bond motifs is 1. The average molecular weight is 297 g/mol. The number of aromatic nitrogens is 1. The molecule has 2 N–H and O–H groups in total. The number of nitrogens with one attached hydrogen (secondary N) is 2. The second-order valence-electron chi connectivity index (χ2n) is 4.50. The number of aromatic amines is 1. The van der Waals surface area contributed by atoms with Gasteiger partial charge in [0.05, 0.1) is 0 Å². The third kappa shape index (κ3) is 3.00. The van der Waals surface area contributed by atoms with Crippen molar-refractivity contribution in [3.8, 4) is 5.75 Å². The summed E-state index contributed by atoms with van der Waals surface area (Å²) in [4.78, 5) is 13.7. The summed E-state index contributed by atoms with van der Waals surface area (Å²) >= 11 is 7.14. The molecule has 2 aromatic rings. The van der Waals surface area contributed by atoms with Crippen molar-refractivity contribution in [2.24, 2.45) is 0 Å². The lowest BCUT2D eigenvalue weighted by atomic mass is 10.1. The normalized spacial score (nSPS) is 17.2. The van der Waals surface area contributed by atoms with Gasteiger partial charge in [0, 0.05) is 35.6 Å². The molecule has 1 atom stereocenters. The maximum atomic E-state index is 11.0. The Hall–Kier alpha value is -1.30. The van der Waals surface area contributed by atoms with Crippen molar-refractivity contribution in [2.45, 2.75) is 19.1 Å². The number of rotatable bonds is 4. The Morgan fingerprint density at radius 1 is 1.53 bits per heavy atom. The van der Waals surface area contributed by atoms with Crippen molar-refractivity contribution in [3.63, 3.8) is 0 Å². The first-order valence-corrected chi connectivity index (χ1v) is 7.29. The van der Waals surface area contributed by atoms with Crippen LogP contribution in [-0.2, 0) is 13.0 Å². The van der Waals surface area contributed by atoms with Gasteiger partial charge in [-0.25, -0.2) is 0 Å². The number of halogens is 1. The third-order valence-corrected chi connectivity index (χ3v) is 3.98. The van der Waals surface area contributed by atoms with Gasteiger partial charge in [-0.2, -0.15) is 0 Å². The fourth-order valence-corrected chi connectivity index (χ4v) is 2.95. The minimum atomic E-state index is -0.0176. The molecule has 1 aromatic heterocycles. The van der Waals surface area contributed by atoms with Gasteiger partial charge in [-0.1, -0.05) is 22.9 Å². The molecule has 1 aliphatic rings. The van der Waals surface area contributed by atoms with Crippen LogP contribution in [0.15, 0.2) is 28.4 Å². The van der Waals surface area contributed by atoms with Crippen LogP contribution in [0.25, 0.3) is 0 Å². The molecule has 2 heterocycles. The molecule has 1 aliphatic heterocycles. The van der Waals surface area contributed by atoms with Crippen LogP contribution < -0.4 is 14.9 Å². The van der Waals surface area contributed by atoms with E-state index >= 15 is 0 Å². The molecule has 0 amide bonds. The average Bonchev–Trinajstić information content (AvgIpc) is 2.95. The van der Waals surface area contributed by atoms with E-state index in [-0.39, 0.29) is 11.0 Å². The molecule has 6 heteroatoms. The molecular formula is C13H13ClN2O2S. The molecule has 3 rings (SSSR count). The summed E-state index contributed by atoms with van der Waals surface area (Å²) < 4.78 is 5.81. The Bertz CT molecular complexity index is 638. The monoisotopic (exact) mass is 296 g/mol. The highest BCUT2D eigenvalue weighted by Crippen LogP contribution is 2.30. The van der Waals surface area contributed by atoms with E-state index in [9.17, 15) is 4.79 Å². The van der Waals surface area contributed by atoms with Gasteiger partial charge in [0.25, 0.3) is 0 Å². The largest absolute Gasteiger partial charge is 0.488 e. The Morgan fingerprint density at radius 3 is 3.21 bits per heavy atom. The van der Waals surface area contributed by atoms with Crippen molar-refractivity contribution < 1.29 is 4.74 Å². The molecular weight excluding hydrogens is 284 g/mol. The zero-order valence-electron chi connectivity index (χ0n) is 10.1. The quantitative estimate of drug-likeness (QED) is 0.909. The van der Waals surface area contributed by atoms with Gasteiger partial charge in [-0.15, -0.1) is 0 Å². The molecule has 0 bridgehead atoms. The summed E-state index contributed by atoms with van der Waals surface area (Å²) in [6.07, 6.45) is 0.988. The first kappa shape index (κ1) is 12.7. The lowest BCUT2D eigenvalue weighted by Crippen LogP contribution is -2.29. The van der Waals surface area contributed by atoms with E-state index in [1.54, 1.807) is 0 Å². The number of benzene rings is 1. The van der Waals surface area contributed by atoms with Gasteiger partial charge in [0.1, 0.15) is 11.9 Å². The van der Waals surface area contributed by atoms with Crippen LogP contribution in [0.4, 0.5) is 0 Å². The van der Waals surface area contributed by atoms with Gasteiger partial charge >= 0.3 is 4.87 Å². The summed E-state index contributed by atoms with van der Waals surface area (Å²) in [6, 6.07) is 5.70. The molecule has 0 saturated heterocycles. The van der Waals surface area contributed by atoms with Crippen LogP contribution in [0, 0.1) is 0 Å². The first-order valence-electron chi connectivity index (χ1n) is 6.03. The van der Waals surface area contributed by atoms with E-state index in [0.717, 1.165) is 35.0 Å². The molecule has 19 heavy (non-hydrogen) atoms. The van der Waals surface area contributed by atoms with E-state index in [2.05, 4.69) is 10.3 Å². The topological polar surface area (TPSA) is 54.1 Å². The summed E-state index contributed by atoms with van der Waals surface area (Å²) in [5, 5.41) is 5.86. The number of ether oxygens (including phenoxy) is 1. The number of hydrogen-bond acceptors (Lipinski definition) is 4. The van der Waals surface area contributed by atoms with E-state index in [0.29, 0.717) is 6.54 Å². The zero-order valence-corrected chi connectivity index (χ0v) is 11.7. The summed E-state index contributed by atoms with van der Waals surface area (Å²) in [6.45, 7) is 1.39. The Balaban J connectivity index is 1.52. The Labute approximate surface area is 119 Å². The minimum Gasteiger partial charge on any atom is -0.488 e. The predicted molar refractivity (Wildman–Crippen MR) is 76.2 cm³/mol. The van der Waals surface area contributed by atoms with Crippen LogP contribution in [0.1, 0.15) is 11.3 Å². The molecule has 4 nitrogen and oxygen atoms in total. The molecule has 1 unspecified atom stereocenters. The van der Waals surface area contributed by atoms with Crippen LogP contribution in [-0.4, -0.2) is 17.6 Å². The summed E-state index contributed by atoms with van der Waals surface area (Å²) in [5.74, 6) is 0.917. The van der Waals surface area contributed by atoms with Crippen LogP contribution in [0.3, 0.4) is 0 Å². The van der Waals surface area contributed by atoms with E-state index < -0.39 is 0 Å². The molecule has 1 aromatic carbocycles. The molecule has 100 valence electrons. The van der Waals surface area contributed by atoms with Gasteiger partial charge in [0.15, 0.2) is 0 Å². The summed E-state index contributed by atoms with van der Waals surface area (Å²) in [7, 11) is 0. The molecule has 0 fully saturated rings. The lowest BCUT2D eigenvalue weighted by molar-refractivity contribution is 0.227. The second-order valence-corrected chi connectivity index (χ2v) is 5.78. The minimum absolute atomic E-state index is 0.0176.